The maximum Gasteiger partial charge on any atom is 0.514 e. The van der Waals surface area contributed by atoms with E-state index in [1.54, 1.807) is 96.4 Å². The van der Waals surface area contributed by atoms with Crippen molar-refractivity contribution in [1.29, 1.82) is 0 Å². The Morgan fingerprint density at radius 1 is 0.684 bits per heavy atom. The second-order valence-electron chi connectivity index (χ2n) is 21.8. The fourth-order valence-electron chi connectivity index (χ4n) is 9.38. The van der Waals surface area contributed by atoms with Gasteiger partial charge >= 0.3 is 36.4 Å². The minimum Gasteiger partial charge on any atom is -0.493 e. The topological polar surface area (TPSA) is 242 Å². The average Bonchev–Trinajstić information content (AvgIpc) is 3.97. The normalized spacial score (nSPS) is 17.5. The van der Waals surface area contributed by atoms with Gasteiger partial charge in [0.2, 0.25) is 12.5 Å². The summed E-state index contributed by atoms with van der Waals surface area (Å²) in [6, 6.07) is 14.4. The highest BCUT2D eigenvalue weighted by Crippen LogP contribution is 2.57. The van der Waals surface area contributed by atoms with Crippen molar-refractivity contribution in [2.24, 2.45) is 17.6 Å². The number of esters is 1. The van der Waals surface area contributed by atoms with E-state index in [0.29, 0.717) is 60.5 Å². The van der Waals surface area contributed by atoms with Gasteiger partial charge in [0.05, 0.1) is 32.8 Å². The molecule has 21 heteroatoms. The smallest absolute Gasteiger partial charge is 0.493 e. The molecule has 416 valence electrons. The molecule has 4 unspecified atom stereocenters. The number of primary amides is 1. The van der Waals surface area contributed by atoms with Gasteiger partial charge in [-0.2, -0.15) is 0 Å². The van der Waals surface area contributed by atoms with E-state index < -0.39 is 77.0 Å². The molecule has 0 spiro atoms. The maximum atomic E-state index is 14.1. The van der Waals surface area contributed by atoms with Crippen LogP contribution in [0.5, 0.6) is 28.7 Å². The van der Waals surface area contributed by atoms with Gasteiger partial charge in [-0.3, -0.25) is 4.79 Å². The van der Waals surface area contributed by atoms with E-state index in [2.05, 4.69) is 5.32 Å². The third-order valence-corrected chi connectivity index (χ3v) is 12.5. The maximum absolute atomic E-state index is 14.1. The molecule has 3 N–H and O–H groups in total. The van der Waals surface area contributed by atoms with Gasteiger partial charge in [-0.15, -0.1) is 0 Å². The van der Waals surface area contributed by atoms with Crippen LogP contribution in [0.4, 0.5) is 24.0 Å². The highest BCUT2D eigenvalue weighted by atomic mass is 16.7. The Balaban J connectivity index is 1.21. The molecular formula is C55H75N5O16. The number of unbranched alkanes of at least 4 members (excludes halogenated alkanes) is 1. The number of rotatable bonds is 20. The number of nitrogens with one attached hydrogen (secondary N) is 1. The Morgan fingerprint density at radius 3 is 1.76 bits per heavy atom. The van der Waals surface area contributed by atoms with Gasteiger partial charge in [-0.1, -0.05) is 30.3 Å². The Labute approximate surface area is 444 Å². The van der Waals surface area contributed by atoms with Crippen LogP contribution in [0, 0.1) is 11.8 Å². The van der Waals surface area contributed by atoms with Gasteiger partial charge in [-0.05, 0) is 135 Å². The molecule has 0 aromatic heterocycles. The number of nitrogens with two attached hydrogens (primary N) is 1. The van der Waals surface area contributed by atoms with Gasteiger partial charge < -0.3 is 73.1 Å². The first-order valence-electron chi connectivity index (χ1n) is 25.6. The molecule has 1 aliphatic carbocycles. The van der Waals surface area contributed by atoms with E-state index in [9.17, 15) is 28.8 Å². The molecule has 6 rings (SSSR count). The van der Waals surface area contributed by atoms with E-state index in [-0.39, 0.29) is 69.9 Å². The summed E-state index contributed by atoms with van der Waals surface area (Å²) in [5.41, 5.74) is 6.62. The summed E-state index contributed by atoms with van der Waals surface area (Å²) in [6.45, 7) is 17.2. The lowest BCUT2D eigenvalue weighted by atomic mass is 9.65. The number of cyclic esters (lactones) is 1. The van der Waals surface area contributed by atoms with E-state index in [4.69, 9.17) is 53.1 Å². The number of carbonyl (C=O) groups is 6. The summed E-state index contributed by atoms with van der Waals surface area (Å²) >= 11 is 0. The lowest BCUT2D eigenvalue weighted by molar-refractivity contribution is -0.141. The summed E-state index contributed by atoms with van der Waals surface area (Å²) in [7, 11) is 2.81. The number of hydrogen-bond acceptors (Lipinski definition) is 16. The molecule has 1 saturated heterocycles. The number of hydrogen-bond donors (Lipinski definition) is 2. The number of benzene rings is 3. The first kappa shape index (κ1) is 57.9. The monoisotopic (exact) mass is 1060 g/mol. The van der Waals surface area contributed by atoms with Crippen LogP contribution >= 0.6 is 0 Å². The molecule has 2 aliphatic heterocycles. The third-order valence-electron chi connectivity index (χ3n) is 12.5. The number of urea groups is 1. The molecule has 3 aromatic carbocycles. The third kappa shape index (κ3) is 15.6. The van der Waals surface area contributed by atoms with Gasteiger partial charge in [0, 0.05) is 51.1 Å². The molecule has 4 atom stereocenters. The van der Waals surface area contributed by atoms with Crippen LogP contribution in [0.3, 0.4) is 0 Å². The molecule has 5 amide bonds. The Morgan fingerprint density at radius 2 is 1.22 bits per heavy atom. The van der Waals surface area contributed by atoms with Crippen molar-refractivity contribution in [2.75, 3.05) is 66.9 Å². The van der Waals surface area contributed by atoms with E-state index in [1.807, 2.05) is 30.3 Å². The van der Waals surface area contributed by atoms with Crippen LogP contribution in [0.2, 0.25) is 0 Å². The van der Waals surface area contributed by atoms with Crippen molar-refractivity contribution in [3.63, 3.8) is 0 Å². The molecular weight excluding hydrogens is 987 g/mol. The number of alkyl carbamates (subject to hydrolysis) is 1. The summed E-state index contributed by atoms with van der Waals surface area (Å²) in [4.78, 5) is 84.9. The van der Waals surface area contributed by atoms with E-state index in [1.165, 1.54) is 19.1 Å². The van der Waals surface area contributed by atoms with Gasteiger partial charge in [0.15, 0.2) is 23.0 Å². The van der Waals surface area contributed by atoms with Gasteiger partial charge in [-0.25, -0.2) is 24.0 Å². The van der Waals surface area contributed by atoms with Crippen LogP contribution in [-0.2, 0) is 35.1 Å². The first-order valence-corrected chi connectivity index (χ1v) is 25.6. The predicted molar refractivity (Wildman–Crippen MR) is 276 cm³/mol. The predicted octanol–water partition coefficient (Wildman–Crippen LogP) is 9.06. The number of fused-ring (bicyclic) bond motifs is 3. The highest BCUT2D eigenvalue weighted by Gasteiger charge is 2.55. The van der Waals surface area contributed by atoms with Crippen LogP contribution in [-0.4, -0.2) is 135 Å². The zero-order chi connectivity index (χ0) is 55.5. The quantitative estimate of drug-likeness (QED) is 0.0464. The number of amides is 5. The largest absolute Gasteiger partial charge is 0.514 e. The standard InChI is InChI=1S/C55H75N5O16/c1-53(2,3)74-49(63)57-21-17-24-58(50(64)75-54(4,5)6)22-15-16-23-59(51(65)76-55(7,8)9)25-18-26-60(48(56)62)45-37-30-40-39(71-33-72-40)29-36(37)43(44-38(45)32-69-47(44)61)35-27-41(67-10)46(42(28-35)68-11)73-52(66)70-31-34-19-13-12-14-20-34/h12-14,19-20,27-30,38,43-45H,15-18,21-26,31-33H2,1-11H3,(H2,56,62)(H,57,63). The Bertz CT molecular complexity index is 2510. The lowest BCUT2D eigenvalue weighted by Crippen LogP contribution is -2.48. The highest BCUT2D eigenvalue weighted by molar-refractivity contribution is 5.80. The summed E-state index contributed by atoms with van der Waals surface area (Å²) < 4.78 is 57.0. The lowest BCUT2D eigenvalue weighted by Gasteiger charge is -2.44. The van der Waals surface area contributed by atoms with Crippen molar-refractivity contribution in [1.82, 2.24) is 20.0 Å². The van der Waals surface area contributed by atoms with Crippen molar-refractivity contribution < 1.29 is 76.1 Å². The number of methoxy groups -OCH3 is 2. The minimum absolute atomic E-state index is 0.0348. The molecule has 3 aromatic rings. The van der Waals surface area contributed by atoms with Crippen LogP contribution in [0.25, 0.3) is 0 Å². The Kier molecular flexibility index (Phi) is 19.1. The SMILES string of the molecule is COc1cc(C2c3cc4c(cc3C(N(CCCN(CCCCN(CCCNC(=O)OC(C)(C)C)C(=O)OC(C)(C)C)C(=O)OC(C)(C)C)C(N)=O)C3COC(=O)C23)OCO4)cc(OC)c1OC(=O)OCc1ccccc1. The second kappa shape index (κ2) is 25.0. The molecule has 21 nitrogen and oxygen atoms in total. The van der Waals surface area contributed by atoms with Crippen LogP contribution in [0.15, 0.2) is 54.6 Å². The summed E-state index contributed by atoms with van der Waals surface area (Å²) in [5, 5.41) is 2.72. The fraction of sp³-hybridized carbons (Fsp3) is 0.564. The summed E-state index contributed by atoms with van der Waals surface area (Å²) in [5.74, 6) is -1.65. The fourth-order valence-corrected chi connectivity index (χ4v) is 9.38. The molecule has 0 bridgehead atoms. The zero-order valence-corrected chi connectivity index (χ0v) is 45.6. The van der Waals surface area contributed by atoms with Crippen LogP contribution in [0.1, 0.15) is 122 Å². The van der Waals surface area contributed by atoms with Crippen molar-refractivity contribution in [3.05, 3.63) is 76.9 Å². The molecule has 0 radical (unpaired) electrons. The number of ether oxygens (including phenoxy) is 10. The van der Waals surface area contributed by atoms with Crippen LogP contribution < -0.4 is 34.7 Å². The van der Waals surface area contributed by atoms with E-state index in [0.717, 1.165) is 5.56 Å². The second-order valence-corrected chi connectivity index (χ2v) is 21.8. The molecule has 2 heterocycles. The Hall–Kier alpha value is -7.32. The molecule has 76 heavy (non-hydrogen) atoms. The average molecular weight is 1060 g/mol. The van der Waals surface area contributed by atoms with Gasteiger partial charge in [0.1, 0.15) is 23.4 Å². The van der Waals surface area contributed by atoms with Crippen molar-refractivity contribution >= 4 is 36.4 Å². The summed E-state index contributed by atoms with van der Waals surface area (Å²) in [6.07, 6.45) is -0.939. The zero-order valence-electron chi connectivity index (χ0n) is 45.6. The number of nitrogens with zero attached hydrogens (tertiary/aromatic N) is 3. The molecule has 3 aliphatic rings. The van der Waals surface area contributed by atoms with Crippen molar-refractivity contribution in [2.45, 2.75) is 123 Å². The number of carbonyl (C=O) groups excluding carboxylic acids is 6. The molecule has 1 fully saturated rings. The van der Waals surface area contributed by atoms with Crippen molar-refractivity contribution in [3.8, 4) is 28.7 Å². The minimum atomic E-state index is -0.992. The first-order chi connectivity index (χ1) is 35.9. The molecule has 0 saturated carbocycles. The van der Waals surface area contributed by atoms with E-state index >= 15 is 0 Å². The van der Waals surface area contributed by atoms with Gasteiger partial charge in [0.25, 0.3) is 0 Å².